The van der Waals surface area contributed by atoms with Gasteiger partial charge >= 0.3 is 0 Å². The van der Waals surface area contributed by atoms with Gasteiger partial charge in [-0.25, -0.2) is 0 Å². The summed E-state index contributed by atoms with van der Waals surface area (Å²) >= 11 is 0. The van der Waals surface area contributed by atoms with Gasteiger partial charge in [0.2, 0.25) is 17.7 Å². The van der Waals surface area contributed by atoms with Gasteiger partial charge in [0.1, 0.15) is 0 Å². The molecule has 1 aromatic heterocycles. The fraction of sp³-hybridized carbons (Fsp3) is 0.708. The average molecular weight is 475 g/mol. The molecule has 34 heavy (non-hydrogen) atoms. The Morgan fingerprint density at radius 2 is 1.85 bits per heavy atom. The maximum Gasteiger partial charge on any atom is 0.272 e. The number of hydrogen-bond donors (Lipinski definition) is 1. The van der Waals surface area contributed by atoms with E-state index in [-0.39, 0.29) is 48.6 Å². The molecule has 0 radical (unpaired) electrons. The Morgan fingerprint density at radius 3 is 2.53 bits per heavy atom. The van der Waals surface area contributed by atoms with E-state index in [0.29, 0.717) is 44.7 Å². The number of amides is 4. The van der Waals surface area contributed by atoms with Crippen LogP contribution in [0.1, 0.15) is 61.8 Å². The summed E-state index contributed by atoms with van der Waals surface area (Å²) in [4.78, 5) is 56.2. The summed E-state index contributed by atoms with van der Waals surface area (Å²) in [6, 6.07) is -0.0596. The molecule has 0 aromatic carbocycles. The van der Waals surface area contributed by atoms with E-state index in [1.165, 1.54) is 6.92 Å². The van der Waals surface area contributed by atoms with Crippen molar-refractivity contribution in [2.45, 2.75) is 58.9 Å². The highest BCUT2D eigenvalue weighted by atomic mass is 16.2. The number of aryl methyl sites for hydroxylation is 1. The second-order valence-corrected chi connectivity index (χ2v) is 9.83. The normalized spacial score (nSPS) is 21.1. The lowest BCUT2D eigenvalue weighted by Crippen LogP contribution is -2.47. The molecule has 2 bridgehead atoms. The van der Waals surface area contributed by atoms with Crippen LogP contribution in [0.5, 0.6) is 0 Å². The van der Waals surface area contributed by atoms with Crippen LogP contribution < -0.4 is 5.32 Å². The minimum absolute atomic E-state index is 0.0354. The number of fused-ring (bicyclic) bond motifs is 1. The highest BCUT2D eigenvalue weighted by Crippen LogP contribution is 2.27. The summed E-state index contributed by atoms with van der Waals surface area (Å²) < 4.78 is 1.76. The molecule has 2 heterocycles. The van der Waals surface area contributed by atoms with Gasteiger partial charge in [-0.2, -0.15) is 5.10 Å². The molecule has 0 saturated heterocycles. The quantitative estimate of drug-likeness (QED) is 0.675. The average Bonchev–Trinajstić information content (AvgIpc) is 3.11. The van der Waals surface area contributed by atoms with Gasteiger partial charge in [-0.05, 0) is 31.6 Å². The number of hydrogen-bond acceptors (Lipinski definition) is 5. The molecule has 10 heteroatoms. The van der Waals surface area contributed by atoms with Crippen molar-refractivity contribution in [1.82, 2.24) is 29.8 Å². The number of carbonyl (C=O) groups is 4. The van der Waals surface area contributed by atoms with Crippen molar-refractivity contribution in [2.75, 3.05) is 39.8 Å². The van der Waals surface area contributed by atoms with E-state index in [2.05, 4.69) is 10.4 Å². The van der Waals surface area contributed by atoms with E-state index >= 15 is 0 Å². The molecule has 1 aromatic rings. The van der Waals surface area contributed by atoms with Gasteiger partial charge in [0.15, 0.2) is 5.69 Å². The first-order chi connectivity index (χ1) is 16.1. The molecule has 1 aliphatic heterocycles. The molecular weight excluding hydrogens is 436 g/mol. The van der Waals surface area contributed by atoms with E-state index < -0.39 is 0 Å². The Labute approximate surface area is 201 Å². The molecule has 188 valence electrons. The Hall–Kier alpha value is -2.91. The van der Waals surface area contributed by atoms with Crippen molar-refractivity contribution in [2.24, 2.45) is 13.0 Å². The third kappa shape index (κ3) is 5.95. The second kappa shape index (κ2) is 11.0. The van der Waals surface area contributed by atoms with Gasteiger partial charge in [0.05, 0.1) is 6.54 Å². The molecule has 0 fully saturated rings. The van der Waals surface area contributed by atoms with Crippen molar-refractivity contribution in [3.05, 3.63) is 17.0 Å². The number of likely N-dealkylation sites (N-methyl/N-ethyl adjacent to an activating group) is 1. The van der Waals surface area contributed by atoms with E-state index in [4.69, 9.17) is 0 Å². The zero-order valence-electron chi connectivity index (χ0n) is 21.1. The lowest BCUT2D eigenvalue weighted by molar-refractivity contribution is -0.141. The highest BCUT2D eigenvalue weighted by Gasteiger charge is 2.32. The molecule has 2 aliphatic rings. The molecular formula is C24H38N6O4. The monoisotopic (exact) mass is 474 g/mol. The maximum absolute atomic E-state index is 13.2. The van der Waals surface area contributed by atoms with Crippen molar-refractivity contribution < 1.29 is 19.2 Å². The largest absolute Gasteiger partial charge is 0.349 e. The number of aromatic nitrogens is 2. The zero-order valence-corrected chi connectivity index (χ0v) is 21.1. The number of nitrogens with one attached hydrogen (secondary N) is 1. The van der Waals surface area contributed by atoms with Crippen molar-refractivity contribution in [3.8, 4) is 0 Å². The second-order valence-electron chi connectivity index (χ2n) is 9.83. The first kappa shape index (κ1) is 25.7. The van der Waals surface area contributed by atoms with Crippen molar-refractivity contribution in [3.63, 3.8) is 0 Å². The molecule has 1 unspecified atom stereocenters. The molecule has 1 atom stereocenters. The van der Waals surface area contributed by atoms with E-state index in [1.807, 2.05) is 20.9 Å². The predicted molar refractivity (Wildman–Crippen MR) is 127 cm³/mol. The van der Waals surface area contributed by atoms with Crippen molar-refractivity contribution >= 4 is 23.6 Å². The topological polar surface area (TPSA) is 108 Å². The molecule has 0 spiro atoms. The Bertz CT molecular complexity index is 940. The summed E-state index contributed by atoms with van der Waals surface area (Å²) in [6.07, 6.45) is 2.82. The van der Waals surface area contributed by atoms with Crippen LogP contribution in [-0.2, 0) is 34.3 Å². The molecule has 1 N–H and O–H groups in total. The van der Waals surface area contributed by atoms with E-state index in [9.17, 15) is 19.2 Å². The molecule has 1 aliphatic carbocycles. The summed E-state index contributed by atoms with van der Waals surface area (Å²) in [5.74, 6) is -0.313. The van der Waals surface area contributed by atoms with Gasteiger partial charge in [0, 0.05) is 70.9 Å². The van der Waals surface area contributed by atoms with Gasteiger partial charge < -0.3 is 20.0 Å². The number of carbonyl (C=O) groups excluding carboxylic acids is 4. The lowest BCUT2D eigenvalue weighted by atomic mass is 9.90. The molecule has 10 nitrogen and oxygen atoms in total. The minimum Gasteiger partial charge on any atom is -0.349 e. The van der Waals surface area contributed by atoms with Gasteiger partial charge in [-0.15, -0.1) is 0 Å². The number of rotatable bonds is 2. The smallest absolute Gasteiger partial charge is 0.272 e. The Kier molecular flexibility index (Phi) is 8.33. The summed E-state index contributed by atoms with van der Waals surface area (Å²) in [7, 11) is 3.62. The van der Waals surface area contributed by atoms with E-state index in [0.717, 1.165) is 24.1 Å². The Morgan fingerprint density at radius 1 is 1.12 bits per heavy atom. The van der Waals surface area contributed by atoms with Gasteiger partial charge in [-0.3, -0.25) is 23.9 Å². The fourth-order valence-electron chi connectivity index (χ4n) is 4.85. The SMILES string of the molecule is CC(=O)N1CCCC(=O)N(CC(C)C)CC(=O)N(C)C2CCc3c(c(nn3C)C(=O)NCC1)C2. The van der Waals surface area contributed by atoms with Crippen LogP contribution in [0.15, 0.2) is 0 Å². The summed E-state index contributed by atoms with van der Waals surface area (Å²) in [5.41, 5.74) is 2.28. The van der Waals surface area contributed by atoms with Crippen molar-refractivity contribution in [1.29, 1.82) is 0 Å². The minimum atomic E-state index is -0.266. The lowest BCUT2D eigenvalue weighted by Gasteiger charge is -2.34. The zero-order chi connectivity index (χ0) is 25.0. The standard InChI is InChI=1S/C24H38N6O4/c1-16(2)14-30-15-22(33)27(4)18-8-9-20-19(13-18)23(26-28(20)5)24(34)25-10-12-29(17(3)31)11-6-7-21(30)32/h16,18H,6-15H2,1-5H3,(H,25,34). The van der Waals surface area contributed by atoms with Crippen LogP contribution in [0.3, 0.4) is 0 Å². The van der Waals surface area contributed by atoms with Crippen LogP contribution in [0.2, 0.25) is 0 Å². The van der Waals surface area contributed by atoms with Crippen LogP contribution in [0.25, 0.3) is 0 Å². The highest BCUT2D eigenvalue weighted by molar-refractivity contribution is 5.94. The van der Waals surface area contributed by atoms with E-state index in [1.54, 1.807) is 26.4 Å². The third-order valence-corrected chi connectivity index (χ3v) is 6.78. The maximum atomic E-state index is 13.2. The summed E-state index contributed by atoms with van der Waals surface area (Å²) in [6.45, 7) is 7.17. The van der Waals surface area contributed by atoms with Gasteiger partial charge in [0.25, 0.3) is 5.91 Å². The molecule has 4 amide bonds. The predicted octanol–water partition coefficient (Wildman–Crippen LogP) is 0.593. The Balaban J connectivity index is 1.89. The van der Waals surface area contributed by atoms with Crippen LogP contribution in [0.4, 0.5) is 0 Å². The number of nitrogens with zero attached hydrogens (tertiary/aromatic N) is 5. The third-order valence-electron chi connectivity index (χ3n) is 6.78. The summed E-state index contributed by atoms with van der Waals surface area (Å²) in [5, 5.41) is 7.36. The fourth-order valence-corrected chi connectivity index (χ4v) is 4.85. The molecule has 3 rings (SSSR count). The van der Waals surface area contributed by atoms with Crippen LogP contribution >= 0.6 is 0 Å². The first-order valence-corrected chi connectivity index (χ1v) is 12.2. The van der Waals surface area contributed by atoms with Crippen LogP contribution in [-0.4, -0.2) is 93.9 Å². The van der Waals surface area contributed by atoms with Gasteiger partial charge in [-0.1, -0.05) is 13.8 Å². The molecule has 0 saturated carbocycles. The first-order valence-electron chi connectivity index (χ1n) is 12.2. The van der Waals surface area contributed by atoms with Crippen LogP contribution in [0, 0.1) is 5.92 Å².